The summed E-state index contributed by atoms with van der Waals surface area (Å²) in [5.41, 5.74) is 6.06. The maximum absolute atomic E-state index is 12.6. The Bertz CT molecular complexity index is 665. The van der Waals surface area contributed by atoms with Crippen molar-refractivity contribution in [2.75, 3.05) is 6.54 Å². The fourth-order valence-corrected chi connectivity index (χ4v) is 4.70. The van der Waals surface area contributed by atoms with E-state index >= 15 is 0 Å². The Labute approximate surface area is 148 Å². The van der Waals surface area contributed by atoms with Gasteiger partial charge >= 0.3 is 0 Å². The number of hydrogen-bond donors (Lipinski definition) is 2. The van der Waals surface area contributed by atoms with Gasteiger partial charge in [0.1, 0.15) is 4.90 Å². The predicted molar refractivity (Wildman–Crippen MR) is 93.8 cm³/mol. The van der Waals surface area contributed by atoms with Crippen LogP contribution >= 0.6 is 24.0 Å². The maximum Gasteiger partial charge on any atom is 0.242 e. The Hall–Kier alpha value is -0.660. The second kappa shape index (κ2) is 8.44. The molecule has 1 aliphatic rings. The minimum absolute atomic E-state index is 0. The average Bonchev–Trinajstić information content (AvgIpc) is 2.47. The van der Waals surface area contributed by atoms with Gasteiger partial charge in [0, 0.05) is 11.6 Å². The van der Waals surface area contributed by atoms with Gasteiger partial charge in [-0.1, -0.05) is 24.4 Å². The van der Waals surface area contributed by atoms with Crippen LogP contribution in [-0.2, 0) is 10.0 Å². The van der Waals surface area contributed by atoms with Crippen LogP contribution in [-0.4, -0.2) is 26.8 Å². The number of Topliss-reactive ketones (excluding diaryl/α,β-unsaturated/α-hetero) is 1. The van der Waals surface area contributed by atoms with Crippen LogP contribution in [0, 0.1) is 5.92 Å². The Morgan fingerprint density at radius 1 is 1.35 bits per heavy atom. The van der Waals surface area contributed by atoms with Gasteiger partial charge < -0.3 is 5.73 Å². The summed E-state index contributed by atoms with van der Waals surface area (Å²) < 4.78 is 27.9. The monoisotopic (exact) mass is 380 g/mol. The van der Waals surface area contributed by atoms with Crippen LogP contribution in [0.15, 0.2) is 23.1 Å². The van der Waals surface area contributed by atoms with Crippen LogP contribution in [0.2, 0.25) is 5.02 Å². The standard InChI is InChI=1S/C15H21ClN2O3S.ClH/c1-10(19)11-6-7-13(16)15(8-11)22(20,21)18-14-5-3-2-4-12(14)9-17;/h6-8,12,14,18H,2-5,9,17H2,1H3;1H. The van der Waals surface area contributed by atoms with Gasteiger partial charge in [-0.05, 0) is 50.4 Å². The van der Waals surface area contributed by atoms with Crippen molar-refractivity contribution in [2.24, 2.45) is 11.7 Å². The van der Waals surface area contributed by atoms with Crippen LogP contribution in [0.1, 0.15) is 43.0 Å². The number of hydrogen-bond acceptors (Lipinski definition) is 4. The van der Waals surface area contributed by atoms with E-state index in [0.717, 1.165) is 25.7 Å². The van der Waals surface area contributed by atoms with Crippen molar-refractivity contribution < 1.29 is 13.2 Å². The minimum Gasteiger partial charge on any atom is -0.330 e. The SMILES string of the molecule is CC(=O)c1ccc(Cl)c(S(=O)(=O)NC2CCCCC2CN)c1.Cl. The number of carbonyl (C=O) groups is 1. The van der Waals surface area contributed by atoms with Gasteiger partial charge in [0.25, 0.3) is 0 Å². The third-order valence-electron chi connectivity index (χ3n) is 4.15. The maximum atomic E-state index is 12.6. The highest BCUT2D eigenvalue weighted by Gasteiger charge is 2.29. The molecular formula is C15H22Cl2N2O3S. The molecule has 1 fully saturated rings. The number of rotatable bonds is 5. The van der Waals surface area contributed by atoms with Crippen molar-refractivity contribution in [3.05, 3.63) is 28.8 Å². The first-order valence-electron chi connectivity index (χ1n) is 7.38. The summed E-state index contributed by atoms with van der Waals surface area (Å²) in [7, 11) is -3.78. The van der Waals surface area contributed by atoms with E-state index in [4.69, 9.17) is 17.3 Å². The molecular weight excluding hydrogens is 359 g/mol. The van der Waals surface area contributed by atoms with E-state index < -0.39 is 10.0 Å². The lowest BCUT2D eigenvalue weighted by Crippen LogP contribution is -2.44. The average molecular weight is 381 g/mol. The van der Waals surface area contributed by atoms with Gasteiger partial charge in [-0.15, -0.1) is 12.4 Å². The Kier molecular flexibility index (Phi) is 7.48. The summed E-state index contributed by atoms with van der Waals surface area (Å²) in [4.78, 5) is 11.4. The minimum atomic E-state index is -3.78. The van der Waals surface area contributed by atoms with Crippen molar-refractivity contribution in [1.29, 1.82) is 0 Å². The van der Waals surface area contributed by atoms with E-state index in [9.17, 15) is 13.2 Å². The van der Waals surface area contributed by atoms with Crippen molar-refractivity contribution in [1.82, 2.24) is 4.72 Å². The summed E-state index contributed by atoms with van der Waals surface area (Å²) in [5.74, 6) is -0.0658. The molecule has 0 amide bonds. The summed E-state index contributed by atoms with van der Waals surface area (Å²) in [5, 5.41) is 0.109. The highest BCUT2D eigenvalue weighted by Crippen LogP contribution is 2.27. The van der Waals surface area contributed by atoms with Gasteiger partial charge in [-0.2, -0.15) is 0 Å². The van der Waals surface area contributed by atoms with Crippen LogP contribution in [0.5, 0.6) is 0 Å². The van der Waals surface area contributed by atoms with Crippen molar-refractivity contribution in [3.63, 3.8) is 0 Å². The molecule has 2 unspecified atom stereocenters. The molecule has 2 rings (SSSR count). The first kappa shape index (κ1) is 20.4. The molecule has 3 N–H and O–H groups in total. The largest absolute Gasteiger partial charge is 0.330 e. The quantitative estimate of drug-likeness (QED) is 0.768. The summed E-state index contributed by atoms with van der Waals surface area (Å²) in [6, 6.07) is 4.11. The summed E-state index contributed by atoms with van der Waals surface area (Å²) in [6.45, 7) is 1.84. The van der Waals surface area contributed by atoms with Crippen molar-refractivity contribution in [3.8, 4) is 0 Å². The zero-order valence-corrected chi connectivity index (χ0v) is 15.3. The molecule has 130 valence electrons. The van der Waals surface area contributed by atoms with E-state index in [2.05, 4.69) is 4.72 Å². The molecule has 1 aromatic rings. The van der Waals surface area contributed by atoms with Crippen LogP contribution in [0.3, 0.4) is 0 Å². The summed E-state index contributed by atoms with van der Waals surface area (Å²) in [6.07, 6.45) is 3.74. The number of benzene rings is 1. The number of nitrogens with two attached hydrogens (primary N) is 1. The van der Waals surface area contributed by atoms with E-state index in [1.54, 1.807) is 0 Å². The second-order valence-electron chi connectivity index (χ2n) is 5.71. The molecule has 0 spiro atoms. The molecule has 1 aromatic carbocycles. The number of halogens is 2. The zero-order chi connectivity index (χ0) is 16.3. The smallest absolute Gasteiger partial charge is 0.242 e. The fraction of sp³-hybridized carbons (Fsp3) is 0.533. The molecule has 0 heterocycles. The molecule has 2 atom stereocenters. The molecule has 0 bridgehead atoms. The van der Waals surface area contributed by atoms with Crippen LogP contribution < -0.4 is 10.5 Å². The lowest BCUT2D eigenvalue weighted by atomic mass is 9.85. The van der Waals surface area contributed by atoms with Gasteiger partial charge in [-0.3, -0.25) is 4.79 Å². The third kappa shape index (κ3) is 4.90. The number of ketones is 1. The van der Waals surface area contributed by atoms with Crippen LogP contribution in [0.25, 0.3) is 0 Å². The zero-order valence-electron chi connectivity index (χ0n) is 12.9. The molecule has 1 aliphatic carbocycles. The van der Waals surface area contributed by atoms with Crippen molar-refractivity contribution in [2.45, 2.75) is 43.5 Å². The van der Waals surface area contributed by atoms with Crippen molar-refractivity contribution >= 4 is 39.8 Å². The molecule has 23 heavy (non-hydrogen) atoms. The van der Waals surface area contributed by atoms with Gasteiger partial charge in [-0.25, -0.2) is 13.1 Å². The van der Waals surface area contributed by atoms with E-state index in [1.165, 1.54) is 25.1 Å². The predicted octanol–water partition coefficient (Wildman–Crippen LogP) is 2.76. The fourth-order valence-electron chi connectivity index (χ4n) is 2.84. The topological polar surface area (TPSA) is 89.3 Å². The number of sulfonamides is 1. The van der Waals surface area contributed by atoms with E-state index in [0.29, 0.717) is 12.1 Å². The molecule has 0 saturated heterocycles. The Balaban J connectivity index is 0.00000264. The normalized spacial score (nSPS) is 21.5. The highest BCUT2D eigenvalue weighted by molar-refractivity contribution is 7.89. The van der Waals surface area contributed by atoms with Gasteiger partial charge in [0.2, 0.25) is 10.0 Å². The second-order valence-corrected chi connectivity index (χ2v) is 7.80. The third-order valence-corrected chi connectivity index (χ3v) is 6.12. The van der Waals surface area contributed by atoms with E-state index in [1.807, 2.05) is 0 Å². The number of nitrogens with one attached hydrogen (secondary N) is 1. The molecule has 0 aliphatic heterocycles. The molecule has 5 nitrogen and oxygen atoms in total. The molecule has 0 radical (unpaired) electrons. The Morgan fingerprint density at radius 3 is 2.61 bits per heavy atom. The van der Waals surface area contributed by atoms with Gasteiger partial charge in [0.15, 0.2) is 5.78 Å². The van der Waals surface area contributed by atoms with Gasteiger partial charge in [0.05, 0.1) is 5.02 Å². The highest BCUT2D eigenvalue weighted by atomic mass is 35.5. The molecule has 8 heteroatoms. The summed E-state index contributed by atoms with van der Waals surface area (Å²) >= 11 is 6.02. The lowest BCUT2D eigenvalue weighted by molar-refractivity contribution is 0.101. The van der Waals surface area contributed by atoms with E-state index in [-0.39, 0.29) is 40.1 Å². The lowest BCUT2D eigenvalue weighted by Gasteiger charge is -2.31. The van der Waals surface area contributed by atoms with Crippen LogP contribution in [0.4, 0.5) is 0 Å². The first-order valence-corrected chi connectivity index (χ1v) is 9.24. The molecule has 1 saturated carbocycles. The number of carbonyl (C=O) groups excluding carboxylic acids is 1. The first-order chi connectivity index (χ1) is 10.3. The Morgan fingerprint density at radius 2 is 2.00 bits per heavy atom. The molecule has 0 aromatic heterocycles.